The molecule has 0 unspecified atom stereocenters. The normalized spacial score (nSPS) is 17.7. The van der Waals surface area contributed by atoms with Crippen LogP contribution in [0.2, 0.25) is 5.02 Å². The van der Waals surface area contributed by atoms with Gasteiger partial charge in [-0.1, -0.05) is 24.4 Å². The molecule has 0 saturated heterocycles. The summed E-state index contributed by atoms with van der Waals surface area (Å²) >= 11 is 6.00. The zero-order valence-electron chi connectivity index (χ0n) is 8.23. The third-order valence-electron chi connectivity index (χ3n) is 3.04. The second kappa shape index (κ2) is 3.45. The number of halogens is 1. The SMILES string of the molecule is Clc1cnnc2c1ncn2C1CCCC1. The Morgan fingerprint density at radius 2 is 2.13 bits per heavy atom. The van der Waals surface area contributed by atoms with Crippen LogP contribution in [-0.4, -0.2) is 19.7 Å². The van der Waals surface area contributed by atoms with Crippen LogP contribution in [0.25, 0.3) is 11.2 Å². The van der Waals surface area contributed by atoms with Crippen LogP contribution in [0.4, 0.5) is 0 Å². The molecule has 78 valence electrons. The zero-order chi connectivity index (χ0) is 10.3. The van der Waals surface area contributed by atoms with Gasteiger partial charge in [0.1, 0.15) is 5.52 Å². The molecule has 0 N–H and O–H groups in total. The summed E-state index contributed by atoms with van der Waals surface area (Å²) in [5.41, 5.74) is 1.58. The number of hydrogen-bond acceptors (Lipinski definition) is 3. The van der Waals surface area contributed by atoms with Crippen molar-refractivity contribution in [1.82, 2.24) is 19.7 Å². The number of fused-ring (bicyclic) bond motifs is 1. The van der Waals surface area contributed by atoms with E-state index in [1.165, 1.54) is 31.9 Å². The van der Waals surface area contributed by atoms with E-state index in [9.17, 15) is 0 Å². The Hall–Kier alpha value is -1.16. The van der Waals surface area contributed by atoms with Crippen molar-refractivity contribution in [3.05, 3.63) is 17.5 Å². The summed E-state index contributed by atoms with van der Waals surface area (Å²) < 4.78 is 2.11. The van der Waals surface area contributed by atoms with Crippen molar-refractivity contribution >= 4 is 22.8 Å². The maximum Gasteiger partial charge on any atom is 0.184 e. The second-order valence-corrected chi connectivity index (χ2v) is 4.36. The van der Waals surface area contributed by atoms with E-state index in [-0.39, 0.29) is 0 Å². The molecule has 2 aromatic heterocycles. The molecule has 0 atom stereocenters. The van der Waals surface area contributed by atoms with E-state index in [1.807, 2.05) is 6.33 Å². The highest BCUT2D eigenvalue weighted by atomic mass is 35.5. The molecular weight excluding hydrogens is 212 g/mol. The van der Waals surface area contributed by atoms with Crippen LogP contribution in [0.15, 0.2) is 12.5 Å². The van der Waals surface area contributed by atoms with Gasteiger partial charge < -0.3 is 4.57 Å². The van der Waals surface area contributed by atoms with Crippen molar-refractivity contribution in [2.24, 2.45) is 0 Å². The van der Waals surface area contributed by atoms with Crippen LogP contribution >= 0.6 is 11.6 Å². The fraction of sp³-hybridized carbons (Fsp3) is 0.500. The summed E-state index contributed by atoms with van der Waals surface area (Å²) in [6.07, 6.45) is 8.37. The highest BCUT2D eigenvalue weighted by Crippen LogP contribution is 2.32. The van der Waals surface area contributed by atoms with Crippen LogP contribution in [0.1, 0.15) is 31.7 Å². The maximum absolute atomic E-state index is 6.00. The smallest absolute Gasteiger partial charge is 0.184 e. The highest BCUT2D eigenvalue weighted by Gasteiger charge is 2.20. The first-order valence-electron chi connectivity index (χ1n) is 5.20. The van der Waals surface area contributed by atoms with E-state index >= 15 is 0 Å². The van der Waals surface area contributed by atoms with E-state index in [1.54, 1.807) is 0 Å². The first kappa shape index (κ1) is 9.09. The van der Waals surface area contributed by atoms with Gasteiger partial charge in [0.05, 0.1) is 17.5 Å². The second-order valence-electron chi connectivity index (χ2n) is 3.95. The molecule has 0 aromatic carbocycles. The Morgan fingerprint density at radius 1 is 1.33 bits per heavy atom. The lowest BCUT2D eigenvalue weighted by Crippen LogP contribution is -2.04. The average Bonchev–Trinajstić information content (AvgIpc) is 2.85. The number of imidazole rings is 1. The van der Waals surface area contributed by atoms with Crippen molar-refractivity contribution in [3.8, 4) is 0 Å². The monoisotopic (exact) mass is 222 g/mol. The molecule has 15 heavy (non-hydrogen) atoms. The minimum absolute atomic E-state index is 0.530. The predicted molar refractivity (Wildman–Crippen MR) is 57.8 cm³/mol. The summed E-state index contributed by atoms with van der Waals surface area (Å²) in [5.74, 6) is 0. The van der Waals surface area contributed by atoms with Crippen LogP contribution in [0, 0.1) is 0 Å². The number of rotatable bonds is 1. The first-order valence-corrected chi connectivity index (χ1v) is 5.58. The standard InChI is InChI=1S/C10H11ClN4/c11-8-5-13-14-10-9(8)12-6-15(10)7-3-1-2-4-7/h5-7H,1-4H2. The fourth-order valence-electron chi connectivity index (χ4n) is 2.27. The molecule has 2 aromatic rings. The molecule has 0 amide bonds. The maximum atomic E-state index is 6.00. The van der Waals surface area contributed by atoms with Crippen LogP contribution in [0.5, 0.6) is 0 Å². The summed E-state index contributed by atoms with van der Waals surface area (Å²) in [6.45, 7) is 0. The third-order valence-corrected chi connectivity index (χ3v) is 3.31. The molecule has 2 heterocycles. The Balaban J connectivity index is 2.15. The molecule has 1 aliphatic carbocycles. The van der Waals surface area contributed by atoms with Gasteiger partial charge in [0.15, 0.2) is 5.65 Å². The molecule has 1 saturated carbocycles. The minimum atomic E-state index is 0.530. The quantitative estimate of drug-likeness (QED) is 0.745. The molecule has 3 rings (SSSR count). The molecule has 1 aliphatic rings. The van der Waals surface area contributed by atoms with Crippen molar-refractivity contribution in [1.29, 1.82) is 0 Å². The van der Waals surface area contributed by atoms with Gasteiger partial charge in [-0.3, -0.25) is 0 Å². The van der Waals surface area contributed by atoms with Gasteiger partial charge in [0.2, 0.25) is 0 Å². The average molecular weight is 223 g/mol. The Morgan fingerprint density at radius 3 is 2.93 bits per heavy atom. The molecule has 0 radical (unpaired) electrons. The third kappa shape index (κ3) is 1.40. The van der Waals surface area contributed by atoms with E-state index in [0.29, 0.717) is 11.1 Å². The summed E-state index contributed by atoms with van der Waals surface area (Å²) in [7, 11) is 0. The topological polar surface area (TPSA) is 43.6 Å². The molecule has 0 aliphatic heterocycles. The summed E-state index contributed by atoms with van der Waals surface area (Å²) in [5, 5.41) is 8.57. The molecule has 4 nitrogen and oxygen atoms in total. The van der Waals surface area contributed by atoms with E-state index in [0.717, 1.165) is 11.2 Å². The van der Waals surface area contributed by atoms with E-state index < -0.39 is 0 Å². The fourth-order valence-corrected chi connectivity index (χ4v) is 2.44. The van der Waals surface area contributed by atoms with Crippen molar-refractivity contribution in [2.45, 2.75) is 31.7 Å². The molecular formula is C10H11ClN4. The van der Waals surface area contributed by atoms with Gasteiger partial charge in [-0.05, 0) is 12.8 Å². The van der Waals surface area contributed by atoms with Gasteiger partial charge in [-0.25, -0.2) is 4.98 Å². The predicted octanol–water partition coefficient (Wildman–Crippen LogP) is 2.59. The first-order chi connectivity index (χ1) is 7.36. The molecule has 1 fully saturated rings. The number of hydrogen-bond donors (Lipinski definition) is 0. The van der Waals surface area contributed by atoms with Gasteiger partial charge in [-0.15, -0.1) is 5.10 Å². The van der Waals surface area contributed by atoms with Crippen molar-refractivity contribution in [3.63, 3.8) is 0 Å². The Kier molecular flexibility index (Phi) is 2.09. The van der Waals surface area contributed by atoms with Crippen LogP contribution in [-0.2, 0) is 0 Å². The van der Waals surface area contributed by atoms with Gasteiger partial charge in [0.25, 0.3) is 0 Å². The van der Waals surface area contributed by atoms with Crippen LogP contribution < -0.4 is 0 Å². The largest absolute Gasteiger partial charge is 0.311 e. The Bertz CT molecular complexity index is 487. The van der Waals surface area contributed by atoms with Crippen LogP contribution in [0.3, 0.4) is 0 Å². The lowest BCUT2D eigenvalue weighted by atomic mass is 10.2. The van der Waals surface area contributed by atoms with Gasteiger partial charge >= 0.3 is 0 Å². The lowest BCUT2D eigenvalue weighted by molar-refractivity contribution is 0.527. The van der Waals surface area contributed by atoms with Crippen molar-refractivity contribution < 1.29 is 0 Å². The lowest BCUT2D eigenvalue weighted by Gasteiger charge is -2.10. The zero-order valence-corrected chi connectivity index (χ0v) is 8.98. The van der Waals surface area contributed by atoms with Gasteiger partial charge in [0, 0.05) is 6.04 Å². The van der Waals surface area contributed by atoms with Crippen molar-refractivity contribution in [2.75, 3.05) is 0 Å². The summed E-state index contributed by atoms with van der Waals surface area (Å²) in [4.78, 5) is 4.29. The molecule has 0 spiro atoms. The number of aromatic nitrogens is 4. The van der Waals surface area contributed by atoms with E-state index in [4.69, 9.17) is 11.6 Å². The van der Waals surface area contributed by atoms with Gasteiger partial charge in [-0.2, -0.15) is 5.10 Å². The number of nitrogens with zero attached hydrogens (tertiary/aromatic N) is 4. The summed E-state index contributed by atoms with van der Waals surface area (Å²) in [6, 6.07) is 0.530. The molecule has 5 heteroatoms. The molecule has 0 bridgehead atoms. The van der Waals surface area contributed by atoms with E-state index in [2.05, 4.69) is 19.7 Å². The highest BCUT2D eigenvalue weighted by molar-refractivity contribution is 6.34. The Labute approximate surface area is 92.3 Å². The minimum Gasteiger partial charge on any atom is -0.311 e.